The summed E-state index contributed by atoms with van der Waals surface area (Å²) in [6.07, 6.45) is 1.25. The van der Waals surface area contributed by atoms with E-state index in [4.69, 9.17) is 16.7 Å². The van der Waals surface area contributed by atoms with Crippen LogP contribution in [0.5, 0.6) is 0 Å². The van der Waals surface area contributed by atoms with Crippen molar-refractivity contribution in [1.29, 1.82) is 0 Å². The van der Waals surface area contributed by atoms with E-state index in [9.17, 15) is 13.2 Å². The van der Waals surface area contributed by atoms with Crippen LogP contribution >= 0.6 is 22.9 Å². The molecule has 2 N–H and O–H groups in total. The van der Waals surface area contributed by atoms with Crippen molar-refractivity contribution in [3.8, 4) is 0 Å². The number of carboxylic acids is 1. The first kappa shape index (κ1) is 16.4. The Morgan fingerprint density at radius 1 is 1.47 bits per heavy atom. The minimum atomic E-state index is -3.50. The molecule has 1 heterocycles. The lowest BCUT2D eigenvalue weighted by atomic mass is 10.0. The lowest BCUT2D eigenvalue weighted by molar-refractivity contribution is -0.137. The zero-order chi connectivity index (χ0) is 14.5. The number of nitrogens with one attached hydrogen (secondary N) is 1. The molecule has 0 aromatic carbocycles. The van der Waals surface area contributed by atoms with Crippen molar-refractivity contribution >= 4 is 38.9 Å². The fourth-order valence-corrected chi connectivity index (χ4v) is 4.04. The van der Waals surface area contributed by atoms with Crippen LogP contribution in [-0.4, -0.2) is 26.0 Å². The fraction of sp³-hybridized carbons (Fsp3) is 0.545. The second-order valence-corrected chi connectivity index (χ2v) is 7.99. The van der Waals surface area contributed by atoms with Crippen molar-refractivity contribution in [3.05, 3.63) is 16.5 Å². The number of hydrogen-bond acceptors (Lipinski definition) is 4. The van der Waals surface area contributed by atoms with Crippen molar-refractivity contribution in [2.45, 2.75) is 30.4 Å². The molecule has 0 amide bonds. The average molecular weight is 326 g/mol. The smallest absolute Gasteiger partial charge is 0.303 e. The van der Waals surface area contributed by atoms with E-state index < -0.39 is 16.0 Å². The van der Waals surface area contributed by atoms with E-state index in [-0.39, 0.29) is 16.5 Å². The second-order valence-electron chi connectivity index (χ2n) is 4.28. The van der Waals surface area contributed by atoms with Crippen LogP contribution in [0.4, 0.5) is 0 Å². The molecular formula is C11H16ClNO4S2. The normalized spacial score (nSPS) is 13.4. The van der Waals surface area contributed by atoms with Crippen LogP contribution in [0.3, 0.4) is 0 Å². The van der Waals surface area contributed by atoms with Gasteiger partial charge < -0.3 is 5.11 Å². The molecule has 0 saturated heterocycles. The van der Waals surface area contributed by atoms with Crippen LogP contribution in [0.2, 0.25) is 4.34 Å². The van der Waals surface area contributed by atoms with Gasteiger partial charge in [0.1, 0.15) is 4.21 Å². The van der Waals surface area contributed by atoms with Crippen molar-refractivity contribution in [2.75, 3.05) is 6.54 Å². The first-order valence-corrected chi connectivity index (χ1v) is 8.46. The van der Waals surface area contributed by atoms with Crippen LogP contribution in [0.15, 0.2) is 16.3 Å². The summed E-state index contributed by atoms with van der Waals surface area (Å²) in [6, 6.07) is 3.00. The van der Waals surface area contributed by atoms with E-state index in [2.05, 4.69) is 4.72 Å². The number of hydrogen-bond donors (Lipinski definition) is 2. The Balaban J connectivity index is 2.38. The van der Waals surface area contributed by atoms with Gasteiger partial charge in [-0.15, -0.1) is 11.3 Å². The van der Waals surface area contributed by atoms with Gasteiger partial charge in [-0.25, -0.2) is 13.1 Å². The Hall–Kier alpha value is -0.630. The molecule has 0 spiro atoms. The summed E-state index contributed by atoms with van der Waals surface area (Å²) in [4.78, 5) is 10.4. The molecule has 0 aliphatic rings. The average Bonchev–Trinajstić information content (AvgIpc) is 2.74. The molecule has 1 unspecified atom stereocenters. The van der Waals surface area contributed by atoms with Crippen molar-refractivity contribution in [1.82, 2.24) is 4.72 Å². The van der Waals surface area contributed by atoms with Gasteiger partial charge in [0.05, 0.1) is 4.34 Å². The highest BCUT2D eigenvalue weighted by Gasteiger charge is 2.16. The lowest BCUT2D eigenvalue weighted by Crippen LogP contribution is -2.25. The summed E-state index contributed by atoms with van der Waals surface area (Å²) in [6.45, 7) is 2.19. The maximum absolute atomic E-state index is 11.8. The van der Waals surface area contributed by atoms with Gasteiger partial charge in [0, 0.05) is 13.0 Å². The highest BCUT2D eigenvalue weighted by atomic mass is 35.5. The highest BCUT2D eigenvalue weighted by molar-refractivity contribution is 7.91. The second kappa shape index (κ2) is 7.23. The summed E-state index contributed by atoms with van der Waals surface area (Å²) < 4.78 is 26.8. The zero-order valence-electron chi connectivity index (χ0n) is 10.4. The van der Waals surface area contributed by atoms with Gasteiger partial charge in [-0.3, -0.25) is 4.79 Å². The molecule has 0 aliphatic carbocycles. The summed E-state index contributed by atoms with van der Waals surface area (Å²) in [5, 5.41) is 8.55. The van der Waals surface area contributed by atoms with Crippen molar-refractivity contribution < 1.29 is 18.3 Å². The van der Waals surface area contributed by atoms with Gasteiger partial charge in [-0.05, 0) is 30.9 Å². The lowest BCUT2D eigenvalue weighted by Gasteiger charge is -2.10. The zero-order valence-corrected chi connectivity index (χ0v) is 12.8. The monoisotopic (exact) mass is 325 g/mol. The number of carboxylic acid groups (broad SMARTS) is 1. The van der Waals surface area contributed by atoms with Gasteiger partial charge in [0.15, 0.2) is 0 Å². The van der Waals surface area contributed by atoms with Crippen molar-refractivity contribution in [3.63, 3.8) is 0 Å². The van der Waals surface area contributed by atoms with Crippen LogP contribution in [0.1, 0.15) is 26.2 Å². The molecule has 108 valence electrons. The molecule has 1 rings (SSSR count). The molecule has 0 bridgehead atoms. The van der Waals surface area contributed by atoms with E-state index in [1.165, 1.54) is 12.1 Å². The number of aliphatic carboxylic acids is 1. The van der Waals surface area contributed by atoms with E-state index in [0.29, 0.717) is 23.7 Å². The third-order valence-corrected chi connectivity index (χ3v) is 5.78. The molecule has 0 fully saturated rings. The van der Waals surface area contributed by atoms with Gasteiger partial charge in [-0.1, -0.05) is 18.5 Å². The summed E-state index contributed by atoms with van der Waals surface area (Å²) in [7, 11) is -3.50. The molecule has 0 aliphatic heterocycles. The van der Waals surface area contributed by atoms with Crippen LogP contribution in [0, 0.1) is 5.92 Å². The molecular weight excluding hydrogens is 310 g/mol. The Morgan fingerprint density at radius 3 is 2.68 bits per heavy atom. The molecule has 0 radical (unpaired) electrons. The van der Waals surface area contributed by atoms with E-state index in [1.54, 1.807) is 0 Å². The molecule has 0 saturated carbocycles. The molecule has 1 atom stereocenters. The number of sulfonamides is 1. The quantitative estimate of drug-likeness (QED) is 0.769. The first-order valence-electron chi connectivity index (χ1n) is 5.78. The summed E-state index contributed by atoms with van der Waals surface area (Å²) >= 11 is 6.70. The highest BCUT2D eigenvalue weighted by Crippen LogP contribution is 2.25. The molecule has 8 heteroatoms. The minimum absolute atomic E-state index is 0.106. The number of halogens is 1. The number of thiophene rings is 1. The SMILES string of the molecule is CC(CCNS(=O)(=O)c1ccc(Cl)s1)CCC(=O)O. The predicted molar refractivity (Wildman–Crippen MR) is 75.2 cm³/mol. The Bertz CT molecular complexity index is 527. The van der Waals surface area contributed by atoms with Gasteiger partial charge >= 0.3 is 5.97 Å². The molecule has 1 aromatic rings. The number of rotatable bonds is 8. The standard InChI is InChI=1S/C11H16ClNO4S2/c1-8(2-4-10(14)15)6-7-13-19(16,17)11-5-3-9(12)18-11/h3,5,8,13H,2,4,6-7H2,1H3,(H,14,15). The van der Waals surface area contributed by atoms with Gasteiger partial charge in [0.25, 0.3) is 0 Å². The number of carbonyl (C=O) groups is 1. The maximum atomic E-state index is 11.8. The summed E-state index contributed by atoms with van der Waals surface area (Å²) in [5.41, 5.74) is 0. The minimum Gasteiger partial charge on any atom is -0.481 e. The third kappa shape index (κ3) is 5.90. The largest absolute Gasteiger partial charge is 0.481 e. The van der Waals surface area contributed by atoms with Crippen molar-refractivity contribution in [2.24, 2.45) is 5.92 Å². The van der Waals surface area contributed by atoms with Crippen LogP contribution in [-0.2, 0) is 14.8 Å². The predicted octanol–water partition coefficient (Wildman–Crippen LogP) is 2.57. The Morgan fingerprint density at radius 2 is 2.16 bits per heavy atom. The van der Waals surface area contributed by atoms with Crippen LogP contribution in [0.25, 0.3) is 0 Å². The molecule has 19 heavy (non-hydrogen) atoms. The molecule has 5 nitrogen and oxygen atoms in total. The Labute approximate surface area is 121 Å². The Kier molecular flexibility index (Phi) is 6.25. The molecule has 1 aromatic heterocycles. The maximum Gasteiger partial charge on any atom is 0.303 e. The van der Waals surface area contributed by atoms with E-state index >= 15 is 0 Å². The summed E-state index contributed by atoms with van der Waals surface area (Å²) in [5.74, 6) is -0.675. The fourth-order valence-electron chi connectivity index (χ4n) is 1.47. The van der Waals surface area contributed by atoms with Gasteiger partial charge in [0.2, 0.25) is 10.0 Å². The topological polar surface area (TPSA) is 83.5 Å². The van der Waals surface area contributed by atoms with E-state index in [0.717, 1.165) is 11.3 Å². The first-order chi connectivity index (χ1) is 8.81. The third-order valence-electron chi connectivity index (χ3n) is 2.59. The van der Waals surface area contributed by atoms with Gasteiger partial charge in [-0.2, -0.15) is 0 Å². The van der Waals surface area contributed by atoms with Crippen LogP contribution < -0.4 is 4.72 Å². The van der Waals surface area contributed by atoms with E-state index in [1.807, 2.05) is 6.92 Å².